The van der Waals surface area contributed by atoms with Crippen LogP contribution in [0.1, 0.15) is 27.2 Å². The summed E-state index contributed by atoms with van der Waals surface area (Å²) < 4.78 is 28.7. The van der Waals surface area contributed by atoms with E-state index in [0.717, 1.165) is 29.8 Å². The number of hydrogen-bond acceptors (Lipinski definition) is 7. The number of aryl methyl sites for hydroxylation is 1. The van der Waals surface area contributed by atoms with Crippen molar-refractivity contribution in [3.05, 3.63) is 52.7 Å². The Morgan fingerprint density at radius 3 is 2.50 bits per heavy atom. The Balaban J connectivity index is 1.37. The standard InChI is InChI=1S/C19H20N6O3S2/c26-18(17-15-7-4-8-16(15)29-19(17)25-13-20-21-22-25)23-9-11-24(12-10-23)30(27,28)14-5-2-1-3-6-14/h1-3,5-6,13H,4,7-12H2. The lowest BCUT2D eigenvalue weighted by Gasteiger charge is -2.34. The Hall–Kier alpha value is -2.63. The van der Waals surface area contributed by atoms with Gasteiger partial charge >= 0.3 is 0 Å². The summed E-state index contributed by atoms with van der Waals surface area (Å²) in [4.78, 5) is 16.7. The second-order valence-electron chi connectivity index (χ2n) is 7.30. The molecule has 1 fully saturated rings. The van der Waals surface area contributed by atoms with Gasteiger partial charge in [-0.2, -0.15) is 8.99 Å². The van der Waals surface area contributed by atoms with Crippen molar-refractivity contribution in [2.45, 2.75) is 24.2 Å². The molecule has 0 N–H and O–H groups in total. The van der Waals surface area contributed by atoms with E-state index < -0.39 is 10.0 Å². The number of aromatic nitrogens is 4. The number of carbonyl (C=O) groups is 1. The first-order valence-corrected chi connectivity index (χ1v) is 12.0. The fourth-order valence-electron chi connectivity index (χ4n) is 4.06. The lowest BCUT2D eigenvalue weighted by Crippen LogP contribution is -2.50. The minimum absolute atomic E-state index is 0.0725. The van der Waals surface area contributed by atoms with Crippen LogP contribution in [0.4, 0.5) is 0 Å². The Kier molecular flexibility index (Phi) is 4.88. The van der Waals surface area contributed by atoms with Crippen LogP contribution in [-0.4, -0.2) is 69.9 Å². The van der Waals surface area contributed by atoms with Crippen LogP contribution >= 0.6 is 11.3 Å². The van der Waals surface area contributed by atoms with Crippen LogP contribution in [0, 0.1) is 0 Å². The van der Waals surface area contributed by atoms with Gasteiger partial charge in [0, 0.05) is 31.1 Å². The maximum Gasteiger partial charge on any atom is 0.257 e. The van der Waals surface area contributed by atoms with Crippen LogP contribution in [0.25, 0.3) is 5.00 Å². The normalized spacial score (nSPS) is 17.3. The van der Waals surface area contributed by atoms with Crippen molar-refractivity contribution in [1.82, 2.24) is 29.4 Å². The average Bonchev–Trinajstić information content (AvgIpc) is 3.51. The molecular formula is C19H20N6O3S2. The van der Waals surface area contributed by atoms with Crippen molar-refractivity contribution >= 4 is 27.3 Å². The van der Waals surface area contributed by atoms with Crippen molar-refractivity contribution in [2.24, 2.45) is 0 Å². The predicted octanol–water partition coefficient (Wildman–Crippen LogP) is 1.36. The SMILES string of the molecule is O=C(c1c(-n2cnnn2)sc2c1CCC2)N1CCN(S(=O)(=O)c2ccccc2)CC1. The summed E-state index contributed by atoms with van der Waals surface area (Å²) in [7, 11) is -3.55. The summed E-state index contributed by atoms with van der Waals surface area (Å²) in [6.07, 6.45) is 4.38. The molecule has 30 heavy (non-hydrogen) atoms. The smallest absolute Gasteiger partial charge is 0.257 e. The fraction of sp³-hybridized carbons (Fsp3) is 0.368. The highest BCUT2D eigenvalue weighted by Crippen LogP contribution is 2.38. The monoisotopic (exact) mass is 444 g/mol. The van der Waals surface area contributed by atoms with Crippen LogP contribution < -0.4 is 0 Å². The van der Waals surface area contributed by atoms with Crippen molar-refractivity contribution in [1.29, 1.82) is 0 Å². The van der Waals surface area contributed by atoms with E-state index in [2.05, 4.69) is 15.5 Å². The van der Waals surface area contributed by atoms with E-state index in [0.29, 0.717) is 18.7 Å². The van der Waals surface area contributed by atoms with Gasteiger partial charge in [-0.15, -0.1) is 16.4 Å². The van der Waals surface area contributed by atoms with E-state index in [1.54, 1.807) is 51.3 Å². The molecular weight excluding hydrogens is 424 g/mol. The van der Waals surface area contributed by atoms with E-state index in [1.807, 2.05) is 0 Å². The molecule has 9 nitrogen and oxygen atoms in total. The average molecular weight is 445 g/mol. The summed E-state index contributed by atoms with van der Waals surface area (Å²) >= 11 is 1.57. The number of rotatable bonds is 4. The molecule has 0 atom stereocenters. The number of fused-ring (bicyclic) bond motifs is 1. The lowest BCUT2D eigenvalue weighted by atomic mass is 10.1. The fourth-order valence-corrected chi connectivity index (χ4v) is 6.80. The van der Waals surface area contributed by atoms with Gasteiger partial charge < -0.3 is 4.90 Å². The van der Waals surface area contributed by atoms with Gasteiger partial charge in [-0.25, -0.2) is 8.42 Å². The van der Waals surface area contributed by atoms with Crippen LogP contribution in [0.3, 0.4) is 0 Å². The highest BCUT2D eigenvalue weighted by atomic mass is 32.2. The maximum absolute atomic E-state index is 13.4. The third-order valence-electron chi connectivity index (χ3n) is 5.58. The van der Waals surface area contributed by atoms with Gasteiger partial charge in [0.2, 0.25) is 10.0 Å². The summed E-state index contributed by atoms with van der Waals surface area (Å²) in [6, 6.07) is 8.41. The third-order valence-corrected chi connectivity index (χ3v) is 8.77. The Bertz CT molecular complexity index is 1170. The Morgan fingerprint density at radius 2 is 1.80 bits per heavy atom. The first-order valence-electron chi connectivity index (χ1n) is 9.78. The number of carbonyl (C=O) groups excluding carboxylic acids is 1. The lowest BCUT2D eigenvalue weighted by molar-refractivity contribution is 0.0697. The van der Waals surface area contributed by atoms with Crippen molar-refractivity contribution in [3.8, 4) is 5.00 Å². The summed E-state index contributed by atoms with van der Waals surface area (Å²) in [5.41, 5.74) is 1.76. The number of piperazine rings is 1. The number of sulfonamides is 1. The van der Waals surface area contributed by atoms with E-state index in [1.165, 1.54) is 15.5 Å². The quantitative estimate of drug-likeness (QED) is 0.602. The number of tetrazole rings is 1. The van der Waals surface area contributed by atoms with Crippen LogP contribution in [0.2, 0.25) is 0 Å². The minimum Gasteiger partial charge on any atom is -0.336 e. The molecule has 3 aromatic rings. The maximum atomic E-state index is 13.4. The molecule has 1 aliphatic carbocycles. The highest BCUT2D eigenvalue weighted by molar-refractivity contribution is 7.89. The molecule has 11 heteroatoms. The third kappa shape index (κ3) is 3.22. The predicted molar refractivity (Wildman–Crippen MR) is 110 cm³/mol. The van der Waals surface area contributed by atoms with E-state index in [-0.39, 0.29) is 23.9 Å². The molecule has 1 amide bonds. The van der Waals surface area contributed by atoms with E-state index in [9.17, 15) is 13.2 Å². The second-order valence-corrected chi connectivity index (χ2v) is 10.3. The summed E-state index contributed by atoms with van der Waals surface area (Å²) in [5, 5.41) is 12.1. The molecule has 0 bridgehead atoms. The molecule has 5 rings (SSSR count). The zero-order valence-corrected chi connectivity index (χ0v) is 17.8. The number of hydrogen-bond donors (Lipinski definition) is 0. The summed E-state index contributed by atoms with van der Waals surface area (Å²) in [5.74, 6) is -0.0725. The number of amides is 1. The second kappa shape index (κ2) is 7.56. The molecule has 2 aromatic heterocycles. The summed E-state index contributed by atoms with van der Waals surface area (Å²) in [6.45, 7) is 1.25. The van der Waals surface area contributed by atoms with Crippen LogP contribution in [0.5, 0.6) is 0 Å². The molecule has 0 spiro atoms. The van der Waals surface area contributed by atoms with Gasteiger partial charge in [-0.3, -0.25) is 4.79 Å². The Morgan fingerprint density at radius 1 is 1.03 bits per heavy atom. The number of benzene rings is 1. The molecule has 156 valence electrons. The van der Waals surface area contributed by atoms with Gasteiger partial charge in [0.15, 0.2) is 0 Å². The van der Waals surface area contributed by atoms with Crippen LogP contribution in [0.15, 0.2) is 41.6 Å². The van der Waals surface area contributed by atoms with Gasteiger partial charge in [0.05, 0.1) is 10.5 Å². The molecule has 1 aromatic carbocycles. The number of nitrogens with zero attached hydrogens (tertiary/aromatic N) is 6. The van der Waals surface area contributed by atoms with Crippen molar-refractivity contribution in [2.75, 3.05) is 26.2 Å². The molecule has 1 saturated heterocycles. The molecule has 3 heterocycles. The van der Waals surface area contributed by atoms with Crippen molar-refractivity contribution in [3.63, 3.8) is 0 Å². The van der Waals surface area contributed by atoms with Gasteiger partial charge in [-0.05, 0) is 47.4 Å². The molecule has 0 saturated carbocycles. The first kappa shape index (κ1) is 19.3. The molecule has 2 aliphatic rings. The van der Waals surface area contributed by atoms with E-state index >= 15 is 0 Å². The minimum atomic E-state index is -3.55. The van der Waals surface area contributed by atoms with Gasteiger partial charge in [0.1, 0.15) is 11.3 Å². The largest absolute Gasteiger partial charge is 0.336 e. The number of thiophene rings is 1. The molecule has 0 unspecified atom stereocenters. The van der Waals surface area contributed by atoms with Gasteiger partial charge in [-0.1, -0.05) is 18.2 Å². The van der Waals surface area contributed by atoms with Crippen LogP contribution in [-0.2, 0) is 22.9 Å². The topological polar surface area (TPSA) is 101 Å². The van der Waals surface area contributed by atoms with Gasteiger partial charge in [0.25, 0.3) is 5.91 Å². The zero-order valence-electron chi connectivity index (χ0n) is 16.1. The highest BCUT2D eigenvalue weighted by Gasteiger charge is 2.34. The Labute approximate surface area is 178 Å². The van der Waals surface area contributed by atoms with E-state index in [4.69, 9.17) is 0 Å². The first-order chi connectivity index (χ1) is 14.6. The zero-order chi connectivity index (χ0) is 20.7. The van der Waals surface area contributed by atoms with Crippen molar-refractivity contribution < 1.29 is 13.2 Å². The molecule has 0 radical (unpaired) electrons. The molecule has 1 aliphatic heterocycles.